The Morgan fingerprint density at radius 2 is 2.00 bits per heavy atom. The van der Waals surface area contributed by atoms with E-state index in [4.69, 9.17) is 17.0 Å². The van der Waals surface area contributed by atoms with E-state index in [-0.39, 0.29) is 5.82 Å². The molecule has 0 fully saturated rings. The van der Waals surface area contributed by atoms with Gasteiger partial charge in [-0.05, 0) is 48.5 Å². The Morgan fingerprint density at radius 1 is 1.19 bits per heavy atom. The lowest BCUT2D eigenvalue weighted by Gasteiger charge is -2.11. The van der Waals surface area contributed by atoms with Crippen molar-refractivity contribution in [1.29, 1.82) is 0 Å². The van der Waals surface area contributed by atoms with Gasteiger partial charge in [0, 0.05) is 18.3 Å². The fourth-order valence-corrected chi connectivity index (χ4v) is 2.11. The van der Waals surface area contributed by atoms with Crippen LogP contribution in [-0.2, 0) is 6.42 Å². The SMILES string of the molecule is COc1cccc(NC(=S)NCCc2cccc(F)c2)c1. The van der Waals surface area contributed by atoms with Crippen molar-refractivity contribution in [3.05, 3.63) is 59.9 Å². The summed E-state index contributed by atoms with van der Waals surface area (Å²) in [7, 11) is 1.62. The predicted molar refractivity (Wildman–Crippen MR) is 87.3 cm³/mol. The number of thiocarbonyl (C=S) groups is 1. The van der Waals surface area contributed by atoms with E-state index >= 15 is 0 Å². The number of benzene rings is 2. The van der Waals surface area contributed by atoms with E-state index in [9.17, 15) is 4.39 Å². The standard InChI is InChI=1S/C16H17FN2OS/c1-20-15-7-3-6-14(11-15)19-16(21)18-9-8-12-4-2-5-13(17)10-12/h2-7,10-11H,8-9H2,1H3,(H2,18,19,21). The van der Waals surface area contributed by atoms with Gasteiger partial charge in [-0.15, -0.1) is 0 Å². The van der Waals surface area contributed by atoms with Crippen molar-refractivity contribution in [1.82, 2.24) is 5.32 Å². The molecule has 5 heteroatoms. The molecule has 0 amide bonds. The second-order valence-corrected chi connectivity index (χ2v) is 4.90. The van der Waals surface area contributed by atoms with Gasteiger partial charge in [-0.3, -0.25) is 0 Å². The van der Waals surface area contributed by atoms with Crippen molar-refractivity contribution in [3.63, 3.8) is 0 Å². The maximum absolute atomic E-state index is 13.0. The highest BCUT2D eigenvalue weighted by Gasteiger charge is 2.00. The Kier molecular flexibility index (Phi) is 5.51. The van der Waals surface area contributed by atoms with Crippen LogP contribution in [0.25, 0.3) is 0 Å². The first kappa shape index (κ1) is 15.3. The van der Waals surface area contributed by atoms with Crippen molar-refractivity contribution < 1.29 is 9.13 Å². The Hall–Kier alpha value is -2.14. The first-order valence-electron chi connectivity index (χ1n) is 6.61. The average molecular weight is 304 g/mol. The molecule has 2 N–H and O–H groups in total. The largest absolute Gasteiger partial charge is 0.497 e. The summed E-state index contributed by atoms with van der Waals surface area (Å²) in [6.07, 6.45) is 0.706. The normalized spacial score (nSPS) is 10.0. The molecule has 0 aliphatic heterocycles. The number of anilines is 1. The van der Waals surface area contributed by atoms with E-state index in [0.717, 1.165) is 17.0 Å². The van der Waals surface area contributed by atoms with E-state index in [2.05, 4.69) is 10.6 Å². The van der Waals surface area contributed by atoms with Crippen molar-refractivity contribution in [2.45, 2.75) is 6.42 Å². The first-order valence-corrected chi connectivity index (χ1v) is 7.01. The summed E-state index contributed by atoms with van der Waals surface area (Å²) in [6.45, 7) is 0.638. The number of hydrogen-bond acceptors (Lipinski definition) is 2. The molecule has 0 aliphatic carbocycles. The van der Waals surface area contributed by atoms with E-state index in [1.165, 1.54) is 12.1 Å². The summed E-state index contributed by atoms with van der Waals surface area (Å²) in [4.78, 5) is 0. The maximum Gasteiger partial charge on any atom is 0.170 e. The minimum atomic E-state index is -0.218. The van der Waals surface area contributed by atoms with Gasteiger partial charge in [-0.1, -0.05) is 18.2 Å². The van der Waals surface area contributed by atoms with E-state index in [1.54, 1.807) is 13.2 Å². The minimum absolute atomic E-state index is 0.218. The summed E-state index contributed by atoms with van der Waals surface area (Å²) >= 11 is 5.22. The molecule has 2 aromatic carbocycles. The highest BCUT2D eigenvalue weighted by atomic mass is 32.1. The zero-order valence-corrected chi connectivity index (χ0v) is 12.5. The van der Waals surface area contributed by atoms with Gasteiger partial charge in [0.25, 0.3) is 0 Å². The molecule has 0 aromatic heterocycles. The van der Waals surface area contributed by atoms with Crippen LogP contribution >= 0.6 is 12.2 Å². The van der Waals surface area contributed by atoms with Gasteiger partial charge < -0.3 is 15.4 Å². The van der Waals surface area contributed by atoms with Crippen LogP contribution in [0.2, 0.25) is 0 Å². The van der Waals surface area contributed by atoms with Crippen LogP contribution in [0.5, 0.6) is 5.75 Å². The molecule has 0 spiro atoms. The third kappa shape index (κ3) is 5.04. The van der Waals surface area contributed by atoms with Gasteiger partial charge in [-0.25, -0.2) is 4.39 Å². The second kappa shape index (κ2) is 7.59. The van der Waals surface area contributed by atoms with Gasteiger partial charge in [0.2, 0.25) is 0 Å². The third-order valence-electron chi connectivity index (χ3n) is 2.92. The third-order valence-corrected chi connectivity index (χ3v) is 3.16. The fraction of sp³-hybridized carbons (Fsp3) is 0.188. The minimum Gasteiger partial charge on any atom is -0.497 e. The molecule has 0 saturated carbocycles. The van der Waals surface area contributed by atoms with Gasteiger partial charge in [0.05, 0.1) is 7.11 Å². The molecule has 0 saturated heterocycles. The summed E-state index contributed by atoms with van der Waals surface area (Å²) in [5.41, 5.74) is 1.80. The van der Waals surface area contributed by atoms with Crippen molar-refractivity contribution in [2.24, 2.45) is 0 Å². The lowest BCUT2D eigenvalue weighted by molar-refractivity contribution is 0.415. The van der Waals surface area contributed by atoms with Gasteiger partial charge in [0.1, 0.15) is 11.6 Å². The molecular formula is C16H17FN2OS. The maximum atomic E-state index is 13.0. The molecule has 0 radical (unpaired) electrons. The highest BCUT2D eigenvalue weighted by Crippen LogP contribution is 2.16. The molecule has 0 heterocycles. The Balaban J connectivity index is 1.79. The molecular weight excluding hydrogens is 287 g/mol. The highest BCUT2D eigenvalue weighted by molar-refractivity contribution is 7.80. The van der Waals surface area contributed by atoms with Crippen LogP contribution in [0, 0.1) is 5.82 Å². The zero-order valence-electron chi connectivity index (χ0n) is 11.7. The van der Waals surface area contributed by atoms with E-state index in [1.807, 2.05) is 30.3 Å². The van der Waals surface area contributed by atoms with Crippen LogP contribution in [0.1, 0.15) is 5.56 Å². The van der Waals surface area contributed by atoms with Gasteiger partial charge in [-0.2, -0.15) is 0 Å². The molecule has 2 rings (SSSR count). The van der Waals surface area contributed by atoms with Gasteiger partial charge in [0.15, 0.2) is 5.11 Å². The molecule has 21 heavy (non-hydrogen) atoms. The summed E-state index contributed by atoms with van der Waals surface area (Å²) < 4.78 is 18.2. The zero-order chi connectivity index (χ0) is 15.1. The molecule has 0 unspecified atom stereocenters. The topological polar surface area (TPSA) is 33.3 Å². The number of nitrogens with one attached hydrogen (secondary N) is 2. The monoisotopic (exact) mass is 304 g/mol. The Morgan fingerprint density at radius 3 is 2.76 bits per heavy atom. The Labute approximate surface area is 129 Å². The van der Waals surface area contributed by atoms with E-state index in [0.29, 0.717) is 18.1 Å². The average Bonchev–Trinajstić information content (AvgIpc) is 2.47. The molecule has 3 nitrogen and oxygen atoms in total. The lowest BCUT2D eigenvalue weighted by Crippen LogP contribution is -2.30. The van der Waals surface area contributed by atoms with Crippen LogP contribution in [0.3, 0.4) is 0 Å². The van der Waals surface area contributed by atoms with Crippen LogP contribution in [-0.4, -0.2) is 18.8 Å². The van der Waals surface area contributed by atoms with Crippen molar-refractivity contribution in [2.75, 3.05) is 19.0 Å². The lowest BCUT2D eigenvalue weighted by atomic mass is 10.1. The first-order chi connectivity index (χ1) is 10.2. The summed E-state index contributed by atoms with van der Waals surface area (Å²) in [5.74, 6) is 0.548. The number of rotatable bonds is 5. The fourth-order valence-electron chi connectivity index (χ4n) is 1.89. The molecule has 110 valence electrons. The number of ether oxygens (including phenoxy) is 1. The second-order valence-electron chi connectivity index (χ2n) is 4.49. The number of halogens is 1. The summed E-state index contributed by atoms with van der Waals surface area (Å²) in [5, 5.41) is 6.70. The van der Waals surface area contributed by atoms with Gasteiger partial charge >= 0.3 is 0 Å². The number of hydrogen-bond donors (Lipinski definition) is 2. The molecule has 0 atom stereocenters. The van der Waals surface area contributed by atoms with Crippen LogP contribution < -0.4 is 15.4 Å². The molecule has 0 aliphatic rings. The smallest absolute Gasteiger partial charge is 0.170 e. The number of methoxy groups -OCH3 is 1. The van der Waals surface area contributed by atoms with E-state index < -0.39 is 0 Å². The van der Waals surface area contributed by atoms with Crippen LogP contribution in [0.15, 0.2) is 48.5 Å². The molecule has 2 aromatic rings. The molecule has 0 bridgehead atoms. The van der Waals surface area contributed by atoms with Crippen LogP contribution in [0.4, 0.5) is 10.1 Å². The summed E-state index contributed by atoms with van der Waals surface area (Å²) in [6, 6.07) is 14.1. The quantitative estimate of drug-likeness (QED) is 0.830. The predicted octanol–water partition coefficient (Wildman–Crippen LogP) is 3.36. The van der Waals surface area contributed by atoms with Crippen molar-refractivity contribution >= 4 is 23.0 Å². The Bertz CT molecular complexity index is 619. The van der Waals surface area contributed by atoms with Crippen molar-refractivity contribution in [3.8, 4) is 5.75 Å².